The van der Waals surface area contributed by atoms with Crippen LogP contribution in [0.2, 0.25) is 0 Å². The molecule has 0 aromatic heterocycles. The van der Waals surface area contributed by atoms with E-state index < -0.39 is 18.1 Å². The average molecular weight is 356 g/mol. The predicted molar refractivity (Wildman–Crippen MR) is 94.8 cm³/mol. The highest BCUT2D eigenvalue weighted by Crippen LogP contribution is 2.14. The van der Waals surface area contributed by atoms with E-state index in [-0.39, 0.29) is 24.4 Å². The number of amides is 1. The summed E-state index contributed by atoms with van der Waals surface area (Å²) in [4.78, 5) is 24.5. The van der Waals surface area contributed by atoms with E-state index in [0.717, 1.165) is 11.1 Å². The molecule has 1 aliphatic rings. The first-order valence-corrected chi connectivity index (χ1v) is 8.55. The molecule has 6 heteroatoms. The van der Waals surface area contributed by atoms with Crippen molar-refractivity contribution in [2.45, 2.75) is 31.5 Å². The van der Waals surface area contributed by atoms with Gasteiger partial charge in [-0.1, -0.05) is 42.5 Å². The van der Waals surface area contributed by atoms with Crippen LogP contribution in [0.4, 0.5) is 4.39 Å². The number of ether oxygens (including phenoxy) is 1. The first-order chi connectivity index (χ1) is 12.5. The largest absolute Gasteiger partial charge is 0.462 e. The Hall–Kier alpha value is -2.73. The first kappa shape index (κ1) is 18.1. The summed E-state index contributed by atoms with van der Waals surface area (Å²) in [5.74, 6) is -0.965. The molecule has 1 heterocycles. The van der Waals surface area contributed by atoms with Crippen molar-refractivity contribution >= 4 is 11.9 Å². The zero-order chi connectivity index (χ0) is 18.5. The molecule has 5 nitrogen and oxygen atoms in total. The van der Waals surface area contributed by atoms with Crippen LogP contribution >= 0.6 is 0 Å². The van der Waals surface area contributed by atoms with Crippen LogP contribution < -0.4 is 10.6 Å². The maximum absolute atomic E-state index is 13.0. The number of carbonyl (C=O) groups excluding carboxylic acids is 2. The van der Waals surface area contributed by atoms with Crippen molar-refractivity contribution in [3.63, 3.8) is 0 Å². The second-order valence-corrected chi connectivity index (χ2v) is 6.37. The van der Waals surface area contributed by atoms with Crippen LogP contribution in [0.5, 0.6) is 0 Å². The van der Waals surface area contributed by atoms with Gasteiger partial charge in [0, 0.05) is 0 Å². The van der Waals surface area contributed by atoms with Gasteiger partial charge in [0.15, 0.2) is 0 Å². The predicted octanol–water partition coefficient (Wildman–Crippen LogP) is 2.13. The van der Waals surface area contributed by atoms with E-state index in [0.29, 0.717) is 6.42 Å². The molecule has 2 aromatic carbocycles. The topological polar surface area (TPSA) is 67.4 Å². The summed E-state index contributed by atoms with van der Waals surface area (Å²) < 4.78 is 18.2. The van der Waals surface area contributed by atoms with Crippen LogP contribution in [0.15, 0.2) is 54.6 Å². The second kappa shape index (κ2) is 8.10. The van der Waals surface area contributed by atoms with E-state index in [1.807, 2.05) is 37.3 Å². The van der Waals surface area contributed by atoms with Crippen LogP contribution in [-0.2, 0) is 20.7 Å². The van der Waals surface area contributed by atoms with Gasteiger partial charge in [-0.15, -0.1) is 0 Å². The molecule has 26 heavy (non-hydrogen) atoms. The molecule has 1 aliphatic heterocycles. The molecule has 1 amide bonds. The van der Waals surface area contributed by atoms with Crippen molar-refractivity contribution in [1.29, 1.82) is 0 Å². The SMILES string of the molecule is C[C@H](NC(=O)[C@H]1COC(=O)[C@H](Cc2ccc(F)cc2)N1)c1ccccc1. The summed E-state index contributed by atoms with van der Waals surface area (Å²) in [6, 6.07) is 14.1. The van der Waals surface area contributed by atoms with Gasteiger partial charge in [0.1, 0.15) is 24.5 Å². The van der Waals surface area contributed by atoms with Gasteiger partial charge in [-0.25, -0.2) is 4.39 Å². The fraction of sp³-hybridized carbons (Fsp3) is 0.300. The summed E-state index contributed by atoms with van der Waals surface area (Å²) in [7, 11) is 0. The fourth-order valence-corrected chi connectivity index (χ4v) is 2.91. The van der Waals surface area contributed by atoms with Gasteiger partial charge in [-0.2, -0.15) is 0 Å². The maximum atomic E-state index is 13.0. The highest BCUT2D eigenvalue weighted by Gasteiger charge is 2.34. The zero-order valence-corrected chi connectivity index (χ0v) is 14.4. The van der Waals surface area contributed by atoms with Crippen molar-refractivity contribution in [1.82, 2.24) is 10.6 Å². The lowest BCUT2D eigenvalue weighted by atomic mass is 10.0. The number of morpholine rings is 1. The molecular formula is C20H21FN2O3. The van der Waals surface area contributed by atoms with Crippen molar-refractivity contribution in [2.75, 3.05) is 6.61 Å². The van der Waals surface area contributed by atoms with E-state index >= 15 is 0 Å². The smallest absolute Gasteiger partial charge is 0.323 e. The van der Waals surface area contributed by atoms with Crippen molar-refractivity contribution < 1.29 is 18.7 Å². The second-order valence-electron chi connectivity index (χ2n) is 6.37. The Bertz CT molecular complexity index is 764. The standard InChI is InChI=1S/C20H21FN2O3/c1-13(15-5-3-2-4-6-15)22-19(24)18-12-26-20(25)17(23-18)11-14-7-9-16(21)10-8-14/h2-10,13,17-18,23H,11-12H2,1H3,(H,22,24)/t13-,17-,18+/m0/s1. The van der Waals surface area contributed by atoms with Crippen LogP contribution in [0.3, 0.4) is 0 Å². The lowest BCUT2D eigenvalue weighted by Gasteiger charge is -2.30. The minimum Gasteiger partial charge on any atom is -0.462 e. The quantitative estimate of drug-likeness (QED) is 0.806. The Morgan fingerprint density at radius 3 is 2.62 bits per heavy atom. The first-order valence-electron chi connectivity index (χ1n) is 8.55. The fourth-order valence-electron chi connectivity index (χ4n) is 2.91. The molecule has 0 bridgehead atoms. The Labute approximate surface area is 151 Å². The third-order valence-electron chi connectivity index (χ3n) is 4.41. The molecule has 3 atom stereocenters. The van der Waals surface area contributed by atoms with E-state index in [1.165, 1.54) is 12.1 Å². The van der Waals surface area contributed by atoms with Gasteiger partial charge in [0.2, 0.25) is 5.91 Å². The number of hydrogen-bond donors (Lipinski definition) is 2. The Morgan fingerprint density at radius 2 is 1.92 bits per heavy atom. The zero-order valence-electron chi connectivity index (χ0n) is 14.4. The lowest BCUT2D eigenvalue weighted by molar-refractivity contribution is -0.153. The monoisotopic (exact) mass is 356 g/mol. The summed E-state index contributed by atoms with van der Waals surface area (Å²) >= 11 is 0. The number of nitrogens with one attached hydrogen (secondary N) is 2. The highest BCUT2D eigenvalue weighted by atomic mass is 19.1. The summed E-state index contributed by atoms with van der Waals surface area (Å²) in [5.41, 5.74) is 1.79. The van der Waals surface area contributed by atoms with Gasteiger partial charge in [0.05, 0.1) is 6.04 Å². The van der Waals surface area contributed by atoms with Crippen LogP contribution in [0, 0.1) is 5.82 Å². The average Bonchev–Trinajstić information content (AvgIpc) is 2.66. The minimum atomic E-state index is -0.642. The van der Waals surface area contributed by atoms with Crippen molar-refractivity contribution in [2.24, 2.45) is 0 Å². The number of benzene rings is 2. The molecule has 1 fully saturated rings. The number of carbonyl (C=O) groups is 2. The molecular weight excluding hydrogens is 335 g/mol. The maximum Gasteiger partial charge on any atom is 0.323 e. The van der Waals surface area contributed by atoms with E-state index in [1.54, 1.807) is 12.1 Å². The molecule has 0 radical (unpaired) electrons. The minimum absolute atomic E-state index is 0.00784. The van der Waals surface area contributed by atoms with Gasteiger partial charge in [-0.05, 0) is 36.6 Å². The Kier molecular flexibility index (Phi) is 5.63. The normalized spacial score (nSPS) is 20.9. The van der Waals surface area contributed by atoms with Gasteiger partial charge < -0.3 is 10.1 Å². The molecule has 0 spiro atoms. The highest BCUT2D eigenvalue weighted by molar-refractivity contribution is 5.86. The number of hydrogen-bond acceptors (Lipinski definition) is 4. The van der Waals surface area contributed by atoms with Gasteiger partial charge in [-0.3, -0.25) is 14.9 Å². The molecule has 2 N–H and O–H groups in total. The number of cyclic esters (lactones) is 1. The van der Waals surface area contributed by atoms with E-state index in [2.05, 4.69) is 10.6 Å². The van der Waals surface area contributed by atoms with Gasteiger partial charge in [0.25, 0.3) is 0 Å². The van der Waals surface area contributed by atoms with Crippen LogP contribution in [0.25, 0.3) is 0 Å². The molecule has 2 aromatic rings. The number of rotatable bonds is 5. The third-order valence-corrected chi connectivity index (χ3v) is 4.41. The third kappa shape index (κ3) is 4.46. The number of halogens is 1. The summed E-state index contributed by atoms with van der Waals surface area (Å²) in [6.07, 6.45) is 0.330. The van der Waals surface area contributed by atoms with Crippen molar-refractivity contribution in [3.8, 4) is 0 Å². The summed E-state index contributed by atoms with van der Waals surface area (Å²) in [5, 5.41) is 5.97. The summed E-state index contributed by atoms with van der Waals surface area (Å²) in [6.45, 7) is 1.89. The molecule has 0 unspecified atom stereocenters. The Balaban J connectivity index is 1.60. The van der Waals surface area contributed by atoms with Crippen LogP contribution in [-0.4, -0.2) is 30.6 Å². The molecule has 136 valence electrons. The van der Waals surface area contributed by atoms with Crippen molar-refractivity contribution in [3.05, 3.63) is 71.5 Å². The molecule has 1 saturated heterocycles. The van der Waals surface area contributed by atoms with Gasteiger partial charge >= 0.3 is 5.97 Å². The molecule has 0 saturated carbocycles. The Morgan fingerprint density at radius 1 is 1.23 bits per heavy atom. The lowest BCUT2D eigenvalue weighted by Crippen LogP contribution is -2.58. The number of esters is 1. The molecule has 3 rings (SSSR count). The van der Waals surface area contributed by atoms with E-state index in [9.17, 15) is 14.0 Å². The van der Waals surface area contributed by atoms with E-state index in [4.69, 9.17) is 4.74 Å². The molecule has 0 aliphatic carbocycles. The van der Waals surface area contributed by atoms with Crippen LogP contribution in [0.1, 0.15) is 24.1 Å².